The van der Waals surface area contributed by atoms with Gasteiger partial charge in [-0.25, -0.2) is 4.98 Å². The van der Waals surface area contributed by atoms with E-state index in [0.717, 1.165) is 22.0 Å². The topological polar surface area (TPSA) is 93.5 Å². The Balaban J connectivity index is 1.14. The largest absolute Gasteiger partial charge is 0.497 e. The van der Waals surface area contributed by atoms with Crippen LogP contribution >= 0.6 is 23.4 Å². The molecule has 42 heavy (non-hydrogen) atoms. The monoisotopic (exact) mass is 600 g/mol. The molecule has 1 aliphatic heterocycles. The van der Waals surface area contributed by atoms with E-state index in [1.807, 2.05) is 60.4 Å². The number of carbonyl (C=O) groups is 2. The summed E-state index contributed by atoms with van der Waals surface area (Å²) in [6, 6.07) is 22.7. The lowest BCUT2D eigenvalue weighted by Crippen LogP contribution is -2.55. The highest BCUT2D eigenvalue weighted by Crippen LogP contribution is 2.28. The highest BCUT2D eigenvalue weighted by atomic mass is 35.5. The van der Waals surface area contributed by atoms with Gasteiger partial charge in [-0.05, 0) is 55.0 Å². The van der Waals surface area contributed by atoms with E-state index in [4.69, 9.17) is 21.3 Å². The summed E-state index contributed by atoms with van der Waals surface area (Å²) in [5.41, 5.74) is 4.08. The molecule has 2 aromatic heterocycles. The number of hydrogen-bond donors (Lipinski definition) is 0. The van der Waals surface area contributed by atoms with Crippen LogP contribution in [0.4, 0.5) is 0 Å². The number of benzene rings is 3. The smallest absolute Gasteiger partial charge is 0.254 e. The molecule has 1 saturated heterocycles. The Morgan fingerprint density at radius 1 is 1.02 bits per heavy atom. The summed E-state index contributed by atoms with van der Waals surface area (Å²) < 4.78 is 7.30. The van der Waals surface area contributed by atoms with Crippen LogP contribution in [0.15, 0.2) is 78.0 Å². The number of halogens is 1. The van der Waals surface area contributed by atoms with Crippen molar-refractivity contribution in [1.29, 1.82) is 0 Å². The summed E-state index contributed by atoms with van der Waals surface area (Å²) in [4.78, 5) is 34.7. The fraction of sp³-hybridized carbons (Fsp3) is 0.258. The molecule has 2 amide bonds. The summed E-state index contributed by atoms with van der Waals surface area (Å²) in [5, 5.41) is 10.9. The number of piperazine rings is 1. The summed E-state index contributed by atoms with van der Waals surface area (Å²) in [7, 11) is 1.59. The molecular weight excluding hydrogens is 572 g/mol. The molecule has 0 spiro atoms. The zero-order valence-electron chi connectivity index (χ0n) is 23.2. The molecule has 3 heterocycles. The Morgan fingerprint density at radius 2 is 1.83 bits per heavy atom. The molecule has 5 aromatic rings. The number of fused-ring (bicyclic) bond motifs is 3. The van der Waals surface area contributed by atoms with Crippen LogP contribution in [0.2, 0.25) is 5.02 Å². The fourth-order valence-electron chi connectivity index (χ4n) is 5.33. The second-order valence-corrected chi connectivity index (χ2v) is 11.6. The number of ether oxygens (including phenoxy) is 1. The van der Waals surface area contributed by atoms with Crippen molar-refractivity contribution in [2.45, 2.75) is 24.7 Å². The van der Waals surface area contributed by atoms with E-state index < -0.39 is 0 Å². The van der Waals surface area contributed by atoms with Gasteiger partial charge in [0.25, 0.3) is 5.91 Å². The van der Waals surface area contributed by atoms with E-state index in [-0.39, 0.29) is 23.6 Å². The number of aromatic nitrogens is 4. The lowest BCUT2D eigenvalue weighted by atomic mass is 10.1. The number of rotatable bonds is 7. The van der Waals surface area contributed by atoms with Gasteiger partial charge in [0.05, 0.1) is 18.4 Å². The van der Waals surface area contributed by atoms with Crippen LogP contribution in [0.5, 0.6) is 5.75 Å². The van der Waals surface area contributed by atoms with E-state index in [2.05, 4.69) is 14.8 Å². The zero-order valence-corrected chi connectivity index (χ0v) is 24.8. The SMILES string of the molecule is COc1ccc(C(=O)N2CCN(C(=O)CSc3nnc4c5ccccc5n(Cc5cccc(Cl)c5)c4n3)CC2C)cc1. The second-order valence-electron chi connectivity index (χ2n) is 10.2. The Morgan fingerprint density at radius 3 is 2.60 bits per heavy atom. The maximum Gasteiger partial charge on any atom is 0.254 e. The van der Waals surface area contributed by atoms with Crippen molar-refractivity contribution in [2.75, 3.05) is 32.5 Å². The molecular formula is C31H29ClN6O3S. The molecule has 0 aliphatic carbocycles. The number of amides is 2. The number of para-hydroxylation sites is 1. The molecule has 214 valence electrons. The van der Waals surface area contributed by atoms with Gasteiger partial charge in [0.2, 0.25) is 11.1 Å². The molecule has 0 bridgehead atoms. The van der Waals surface area contributed by atoms with Gasteiger partial charge in [-0.1, -0.05) is 53.7 Å². The van der Waals surface area contributed by atoms with E-state index in [1.54, 1.807) is 36.3 Å². The number of carbonyl (C=O) groups excluding carboxylic acids is 2. The van der Waals surface area contributed by atoms with Crippen LogP contribution in [0.1, 0.15) is 22.8 Å². The van der Waals surface area contributed by atoms with Crippen LogP contribution < -0.4 is 4.74 Å². The zero-order chi connectivity index (χ0) is 29.2. The molecule has 1 fully saturated rings. The molecule has 9 nitrogen and oxygen atoms in total. The molecule has 11 heteroatoms. The molecule has 0 radical (unpaired) electrons. The first-order chi connectivity index (χ1) is 20.4. The fourth-order valence-corrected chi connectivity index (χ4v) is 6.23. The van der Waals surface area contributed by atoms with Gasteiger partial charge in [0.15, 0.2) is 5.65 Å². The third kappa shape index (κ3) is 5.64. The van der Waals surface area contributed by atoms with Crippen molar-refractivity contribution >= 4 is 57.2 Å². The number of nitrogens with zero attached hydrogens (tertiary/aromatic N) is 6. The minimum absolute atomic E-state index is 0.0217. The van der Waals surface area contributed by atoms with E-state index in [1.165, 1.54) is 11.8 Å². The molecule has 3 aromatic carbocycles. The van der Waals surface area contributed by atoms with Crippen molar-refractivity contribution in [2.24, 2.45) is 0 Å². The number of thioether (sulfide) groups is 1. The Bertz CT molecular complexity index is 1780. The van der Waals surface area contributed by atoms with Crippen LogP contribution in [0.3, 0.4) is 0 Å². The van der Waals surface area contributed by atoms with Gasteiger partial charge < -0.3 is 19.1 Å². The Hall–Kier alpha value is -4.15. The summed E-state index contributed by atoms with van der Waals surface area (Å²) in [6.07, 6.45) is 0. The summed E-state index contributed by atoms with van der Waals surface area (Å²) in [5.74, 6) is 0.813. The number of methoxy groups -OCH3 is 1. The third-order valence-electron chi connectivity index (χ3n) is 7.49. The first-order valence-electron chi connectivity index (χ1n) is 13.6. The molecule has 0 saturated carbocycles. The molecule has 6 rings (SSSR count). The molecule has 1 aliphatic rings. The van der Waals surface area contributed by atoms with Crippen LogP contribution in [-0.2, 0) is 11.3 Å². The van der Waals surface area contributed by atoms with Gasteiger partial charge in [-0.3, -0.25) is 9.59 Å². The quantitative estimate of drug-likeness (QED) is 0.238. The van der Waals surface area contributed by atoms with Crippen molar-refractivity contribution in [3.8, 4) is 5.75 Å². The minimum atomic E-state index is -0.112. The molecule has 0 N–H and O–H groups in total. The van der Waals surface area contributed by atoms with Crippen LogP contribution in [-0.4, -0.2) is 79.9 Å². The van der Waals surface area contributed by atoms with Crippen molar-refractivity contribution in [1.82, 2.24) is 29.5 Å². The van der Waals surface area contributed by atoms with Gasteiger partial charge in [0.1, 0.15) is 11.3 Å². The highest BCUT2D eigenvalue weighted by molar-refractivity contribution is 7.99. The van der Waals surface area contributed by atoms with Crippen LogP contribution in [0, 0.1) is 0 Å². The maximum absolute atomic E-state index is 13.2. The van der Waals surface area contributed by atoms with E-state index in [0.29, 0.717) is 53.3 Å². The van der Waals surface area contributed by atoms with Crippen molar-refractivity contribution < 1.29 is 14.3 Å². The first-order valence-corrected chi connectivity index (χ1v) is 15.0. The third-order valence-corrected chi connectivity index (χ3v) is 8.54. The van der Waals surface area contributed by atoms with Crippen LogP contribution in [0.25, 0.3) is 22.1 Å². The molecule has 1 atom stereocenters. The Kier molecular flexibility index (Phi) is 7.99. The lowest BCUT2D eigenvalue weighted by Gasteiger charge is -2.40. The Labute approximate surface area is 252 Å². The standard InChI is InChI=1S/C31H29ClN6O3S/c1-20-17-36(14-15-37(20)30(40)22-10-12-24(41-2)13-11-22)27(39)19-42-31-33-29-28(34-35-31)25-8-3-4-9-26(25)38(29)18-21-6-5-7-23(32)16-21/h3-13,16,20H,14-15,17-19H2,1-2H3. The van der Waals surface area contributed by atoms with E-state index in [9.17, 15) is 9.59 Å². The highest BCUT2D eigenvalue weighted by Gasteiger charge is 2.30. The normalized spacial score (nSPS) is 15.4. The van der Waals surface area contributed by atoms with Crippen molar-refractivity contribution in [3.05, 3.63) is 88.9 Å². The summed E-state index contributed by atoms with van der Waals surface area (Å²) >= 11 is 7.51. The first kappa shape index (κ1) is 28.0. The van der Waals surface area contributed by atoms with Crippen molar-refractivity contribution in [3.63, 3.8) is 0 Å². The maximum atomic E-state index is 13.2. The van der Waals surface area contributed by atoms with Gasteiger partial charge in [-0.2, -0.15) is 0 Å². The lowest BCUT2D eigenvalue weighted by molar-refractivity contribution is -0.130. The second kappa shape index (κ2) is 12.0. The minimum Gasteiger partial charge on any atom is -0.497 e. The summed E-state index contributed by atoms with van der Waals surface area (Å²) in [6.45, 7) is 3.94. The average Bonchev–Trinajstić information content (AvgIpc) is 3.32. The van der Waals surface area contributed by atoms with Gasteiger partial charge in [-0.15, -0.1) is 10.2 Å². The molecule has 1 unspecified atom stereocenters. The van der Waals surface area contributed by atoms with E-state index >= 15 is 0 Å². The predicted molar refractivity (Wildman–Crippen MR) is 164 cm³/mol. The predicted octanol–water partition coefficient (Wildman–Crippen LogP) is 5.16. The van der Waals surface area contributed by atoms with Gasteiger partial charge in [0, 0.05) is 48.2 Å². The number of hydrogen-bond acceptors (Lipinski definition) is 7. The van der Waals surface area contributed by atoms with Gasteiger partial charge >= 0.3 is 0 Å². The average molecular weight is 601 g/mol.